The molecule has 0 bridgehead atoms. The number of hydrogen-bond donors (Lipinski definition) is 3. The van der Waals surface area contributed by atoms with Crippen LogP contribution >= 0.6 is 11.6 Å². The Morgan fingerprint density at radius 2 is 1.65 bits per heavy atom. The molecule has 0 saturated carbocycles. The number of rotatable bonds is 8. The van der Waals surface area contributed by atoms with Crippen LogP contribution in [-0.2, 0) is 0 Å². The number of nitrogens with zero attached hydrogens (tertiary/aromatic N) is 1. The van der Waals surface area contributed by atoms with E-state index in [0.29, 0.717) is 16.3 Å². The number of halogens is 1. The van der Waals surface area contributed by atoms with Crippen molar-refractivity contribution in [2.45, 2.75) is 0 Å². The van der Waals surface area contributed by atoms with Gasteiger partial charge in [0.25, 0.3) is 11.8 Å². The molecule has 0 fully saturated rings. The molecule has 34 heavy (non-hydrogen) atoms. The van der Waals surface area contributed by atoms with Gasteiger partial charge in [-0.05, 0) is 48.5 Å². The van der Waals surface area contributed by atoms with Crippen LogP contribution in [0, 0.1) is 0 Å². The smallest absolute Gasteiger partial charge is 0.340 e. The van der Waals surface area contributed by atoms with Crippen molar-refractivity contribution in [2.24, 2.45) is 5.10 Å². The summed E-state index contributed by atoms with van der Waals surface area (Å²) in [5.41, 5.74) is 3.47. The Bertz CT molecular complexity index is 1260. The number of methoxy groups -OCH3 is 2. The zero-order chi connectivity index (χ0) is 24.7. The molecule has 9 nitrogen and oxygen atoms in total. The zero-order valence-electron chi connectivity index (χ0n) is 18.2. The maximum absolute atomic E-state index is 12.4. The van der Waals surface area contributed by atoms with E-state index in [9.17, 15) is 19.5 Å². The first-order valence-electron chi connectivity index (χ1n) is 9.83. The summed E-state index contributed by atoms with van der Waals surface area (Å²) in [6.07, 6.45) is 1.20. The molecule has 0 aromatic heterocycles. The van der Waals surface area contributed by atoms with Crippen molar-refractivity contribution >= 4 is 41.3 Å². The molecule has 0 atom stereocenters. The number of nitrogens with one attached hydrogen (secondary N) is 2. The second-order valence-corrected chi connectivity index (χ2v) is 7.19. The highest BCUT2D eigenvalue weighted by Crippen LogP contribution is 2.32. The average Bonchev–Trinajstić information content (AvgIpc) is 2.83. The van der Waals surface area contributed by atoms with Gasteiger partial charge in [0.05, 0.1) is 31.0 Å². The van der Waals surface area contributed by atoms with Crippen LogP contribution in [-0.4, -0.2) is 43.3 Å². The normalized spacial score (nSPS) is 10.6. The van der Waals surface area contributed by atoms with Crippen LogP contribution in [0.15, 0.2) is 65.8 Å². The molecule has 0 aliphatic heterocycles. The second-order valence-electron chi connectivity index (χ2n) is 6.78. The Balaban J connectivity index is 1.68. The monoisotopic (exact) mass is 481 g/mol. The molecule has 0 heterocycles. The van der Waals surface area contributed by atoms with E-state index >= 15 is 0 Å². The fourth-order valence-electron chi connectivity index (χ4n) is 3.04. The van der Waals surface area contributed by atoms with Gasteiger partial charge < -0.3 is 19.9 Å². The van der Waals surface area contributed by atoms with Gasteiger partial charge in [-0.25, -0.2) is 10.2 Å². The molecule has 10 heteroatoms. The maximum Gasteiger partial charge on any atom is 0.340 e. The van der Waals surface area contributed by atoms with Gasteiger partial charge in [-0.2, -0.15) is 5.10 Å². The van der Waals surface area contributed by atoms with Gasteiger partial charge >= 0.3 is 5.97 Å². The largest absolute Gasteiger partial charge is 0.493 e. The van der Waals surface area contributed by atoms with Crippen molar-refractivity contribution in [3.63, 3.8) is 0 Å². The fraction of sp³-hybridized carbons (Fsp3) is 0.0833. The molecular formula is C24H20ClN3O6. The van der Waals surface area contributed by atoms with Gasteiger partial charge in [0.1, 0.15) is 5.56 Å². The summed E-state index contributed by atoms with van der Waals surface area (Å²) < 4.78 is 10.3. The summed E-state index contributed by atoms with van der Waals surface area (Å²) in [6.45, 7) is 0. The molecule has 0 radical (unpaired) electrons. The lowest BCUT2D eigenvalue weighted by molar-refractivity contribution is 0.0692. The maximum atomic E-state index is 12.4. The van der Waals surface area contributed by atoms with E-state index in [1.807, 2.05) is 0 Å². The third kappa shape index (κ3) is 5.51. The molecule has 0 unspecified atom stereocenters. The van der Waals surface area contributed by atoms with Gasteiger partial charge in [0, 0.05) is 16.8 Å². The van der Waals surface area contributed by atoms with Gasteiger partial charge in [-0.15, -0.1) is 0 Å². The molecule has 0 saturated heterocycles. The zero-order valence-corrected chi connectivity index (χ0v) is 18.9. The third-order valence-electron chi connectivity index (χ3n) is 4.68. The van der Waals surface area contributed by atoms with Crippen molar-refractivity contribution in [3.05, 3.63) is 87.9 Å². The molecule has 3 aromatic carbocycles. The van der Waals surface area contributed by atoms with Crippen LogP contribution in [0.1, 0.15) is 36.6 Å². The van der Waals surface area contributed by atoms with E-state index in [0.717, 1.165) is 0 Å². The third-order valence-corrected chi connectivity index (χ3v) is 5.01. The lowest BCUT2D eigenvalue weighted by Crippen LogP contribution is -2.18. The minimum Gasteiger partial charge on any atom is -0.493 e. The molecule has 3 aromatic rings. The second kappa shape index (κ2) is 11.0. The Morgan fingerprint density at radius 3 is 2.26 bits per heavy atom. The van der Waals surface area contributed by atoms with Crippen molar-refractivity contribution in [2.75, 3.05) is 19.5 Å². The lowest BCUT2D eigenvalue weighted by Gasteiger charge is -2.12. The van der Waals surface area contributed by atoms with E-state index in [4.69, 9.17) is 21.1 Å². The number of carbonyl (C=O) groups is 3. The molecule has 0 aliphatic carbocycles. The SMILES string of the molecule is COc1ccc(/C=N/NC(=O)c2ccc(NC(=O)c3ccccc3Cl)cc2)c(C(=O)O)c1OC. The number of hydrazone groups is 1. The van der Waals surface area contributed by atoms with E-state index in [-0.39, 0.29) is 34.1 Å². The van der Waals surface area contributed by atoms with Crippen molar-refractivity contribution in [3.8, 4) is 11.5 Å². The minimum atomic E-state index is -1.24. The summed E-state index contributed by atoms with van der Waals surface area (Å²) in [6, 6.07) is 15.8. The van der Waals surface area contributed by atoms with Crippen LogP contribution in [0.25, 0.3) is 0 Å². The Morgan fingerprint density at radius 1 is 0.941 bits per heavy atom. The van der Waals surface area contributed by atoms with E-state index in [1.165, 1.54) is 44.7 Å². The summed E-state index contributed by atoms with van der Waals surface area (Å²) in [7, 11) is 2.72. The molecule has 2 amide bonds. The molecule has 3 rings (SSSR count). The number of carboxylic acids is 1. The number of carbonyl (C=O) groups excluding carboxylic acids is 2. The Hall–Kier alpha value is -4.37. The summed E-state index contributed by atoms with van der Waals surface area (Å²) in [5.74, 6) is -1.85. The standard InChI is InChI=1S/C24H20ClN3O6/c1-33-19-12-9-15(20(24(31)32)21(19)34-2)13-26-28-22(29)14-7-10-16(11-8-14)27-23(30)17-5-3-4-6-18(17)25/h3-13H,1-2H3,(H,27,30)(H,28,29)(H,31,32)/b26-13+. The van der Waals surface area contributed by atoms with Crippen molar-refractivity contribution in [1.29, 1.82) is 0 Å². The van der Waals surface area contributed by atoms with Gasteiger partial charge in [0.15, 0.2) is 11.5 Å². The summed E-state index contributed by atoms with van der Waals surface area (Å²) in [4.78, 5) is 36.4. The van der Waals surface area contributed by atoms with Crippen molar-refractivity contribution in [1.82, 2.24) is 5.43 Å². The summed E-state index contributed by atoms with van der Waals surface area (Å²) in [5, 5.41) is 16.4. The lowest BCUT2D eigenvalue weighted by atomic mass is 10.1. The van der Waals surface area contributed by atoms with Crippen LogP contribution < -0.4 is 20.2 Å². The predicted molar refractivity (Wildman–Crippen MR) is 127 cm³/mol. The number of benzene rings is 3. The Labute approximate surface area is 200 Å². The molecule has 3 N–H and O–H groups in total. The van der Waals surface area contributed by atoms with Crippen molar-refractivity contribution < 1.29 is 29.0 Å². The van der Waals surface area contributed by atoms with E-state index < -0.39 is 11.9 Å². The number of ether oxygens (including phenoxy) is 2. The minimum absolute atomic E-state index is 0.0414. The highest BCUT2D eigenvalue weighted by Gasteiger charge is 2.20. The predicted octanol–water partition coefficient (Wildman–Crippen LogP) is 4.07. The highest BCUT2D eigenvalue weighted by atomic mass is 35.5. The topological polar surface area (TPSA) is 126 Å². The van der Waals surface area contributed by atoms with Crippen LogP contribution in [0.2, 0.25) is 5.02 Å². The van der Waals surface area contributed by atoms with E-state index in [1.54, 1.807) is 36.4 Å². The first-order valence-corrected chi connectivity index (χ1v) is 10.2. The quantitative estimate of drug-likeness (QED) is 0.329. The fourth-order valence-corrected chi connectivity index (χ4v) is 3.27. The van der Waals surface area contributed by atoms with Gasteiger partial charge in [-0.3, -0.25) is 9.59 Å². The van der Waals surface area contributed by atoms with Gasteiger partial charge in [-0.1, -0.05) is 23.7 Å². The van der Waals surface area contributed by atoms with Gasteiger partial charge in [0.2, 0.25) is 0 Å². The van der Waals surface area contributed by atoms with E-state index in [2.05, 4.69) is 15.8 Å². The molecule has 174 valence electrons. The number of aromatic carboxylic acids is 1. The first kappa shape index (κ1) is 24.3. The Kier molecular flexibility index (Phi) is 7.83. The molecule has 0 spiro atoms. The molecule has 0 aliphatic rings. The number of amides is 2. The first-order chi connectivity index (χ1) is 16.3. The average molecular weight is 482 g/mol. The number of hydrogen-bond acceptors (Lipinski definition) is 6. The number of anilines is 1. The summed E-state index contributed by atoms with van der Waals surface area (Å²) >= 11 is 6.03. The highest BCUT2D eigenvalue weighted by molar-refractivity contribution is 6.34. The number of carboxylic acid groups (broad SMARTS) is 1. The van der Waals surface area contributed by atoms with Crippen LogP contribution in [0.4, 0.5) is 5.69 Å². The van der Waals surface area contributed by atoms with Crippen LogP contribution in [0.5, 0.6) is 11.5 Å². The molecular weight excluding hydrogens is 462 g/mol. The van der Waals surface area contributed by atoms with Crippen LogP contribution in [0.3, 0.4) is 0 Å².